The molecule has 4 rings (SSSR count). The van der Waals surface area contributed by atoms with Crippen LogP contribution in [-0.4, -0.2) is 27.5 Å². The van der Waals surface area contributed by atoms with Crippen LogP contribution in [0.25, 0.3) is 10.4 Å². The molecule has 0 saturated carbocycles. The Bertz CT molecular complexity index is 1280. The standard InChI is InChI=1S/C14H16O2S.C14H14O2S/c2*1-8-4-5-11(6-9(8)2)14-13(16)12(7-17-14)10(3)15/h4-6,14,16H,7H2,1-3H3;4-7,16H,1-3H3. The molecule has 0 radical (unpaired) electrons. The van der Waals surface area contributed by atoms with Gasteiger partial charge in [-0.25, -0.2) is 0 Å². The molecular formula is C28H30O4S2. The fourth-order valence-electron chi connectivity index (χ4n) is 3.63. The number of hydrogen-bond donors (Lipinski definition) is 2. The van der Waals surface area contributed by atoms with Crippen molar-refractivity contribution in [1.29, 1.82) is 0 Å². The van der Waals surface area contributed by atoms with E-state index in [2.05, 4.69) is 26.0 Å². The lowest BCUT2D eigenvalue weighted by Crippen LogP contribution is -2.01. The first kappa shape index (κ1) is 25.8. The molecule has 3 aromatic rings. The third kappa shape index (κ3) is 5.45. The van der Waals surface area contributed by atoms with Gasteiger partial charge >= 0.3 is 0 Å². The summed E-state index contributed by atoms with van der Waals surface area (Å²) in [6.45, 7) is 11.2. The summed E-state index contributed by atoms with van der Waals surface area (Å²) in [5.41, 5.74) is 7.87. The van der Waals surface area contributed by atoms with Gasteiger partial charge in [0.2, 0.25) is 0 Å². The molecule has 1 aliphatic rings. The van der Waals surface area contributed by atoms with E-state index >= 15 is 0 Å². The van der Waals surface area contributed by atoms with Crippen LogP contribution in [0.2, 0.25) is 0 Å². The van der Waals surface area contributed by atoms with Crippen molar-refractivity contribution < 1.29 is 19.8 Å². The highest BCUT2D eigenvalue weighted by Gasteiger charge is 2.29. The molecular weight excluding hydrogens is 464 g/mol. The second kappa shape index (κ2) is 10.6. The Morgan fingerprint density at radius 1 is 0.853 bits per heavy atom. The number of thiophene rings is 1. The van der Waals surface area contributed by atoms with E-state index in [0.29, 0.717) is 16.9 Å². The summed E-state index contributed by atoms with van der Waals surface area (Å²) in [5, 5.41) is 21.7. The highest BCUT2D eigenvalue weighted by molar-refractivity contribution is 8.00. The van der Waals surface area contributed by atoms with Crippen LogP contribution in [0.1, 0.15) is 57.3 Å². The zero-order valence-electron chi connectivity index (χ0n) is 20.4. The number of ketones is 2. The maximum Gasteiger partial charge on any atom is 0.164 e. The van der Waals surface area contributed by atoms with Gasteiger partial charge in [-0.05, 0) is 74.9 Å². The topological polar surface area (TPSA) is 74.6 Å². The number of aliphatic hydroxyl groups excluding tert-OH is 1. The molecule has 0 fully saturated rings. The van der Waals surface area contributed by atoms with Crippen LogP contribution < -0.4 is 0 Å². The lowest BCUT2D eigenvalue weighted by atomic mass is 10.0. The molecule has 0 spiro atoms. The largest absolute Gasteiger partial charge is 0.510 e. The van der Waals surface area contributed by atoms with Crippen LogP contribution in [0.5, 0.6) is 5.75 Å². The van der Waals surface area contributed by atoms with Crippen molar-refractivity contribution in [3.8, 4) is 16.2 Å². The van der Waals surface area contributed by atoms with Gasteiger partial charge in [0.15, 0.2) is 11.6 Å². The Hall–Kier alpha value is -2.83. The highest BCUT2D eigenvalue weighted by Crippen LogP contribution is 2.43. The minimum absolute atomic E-state index is 0.0265. The highest BCUT2D eigenvalue weighted by atomic mass is 32.2. The zero-order valence-corrected chi connectivity index (χ0v) is 22.0. The van der Waals surface area contributed by atoms with E-state index in [4.69, 9.17) is 0 Å². The molecule has 2 aromatic carbocycles. The fraction of sp³-hybridized carbons (Fsp3) is 0.286. The average Bonchev–Trinajstić information content (AvgIpc) is 3.35. The number of aromatic hydroxyl groups is 1. The number of carbonyl (C=O) groups is 2. The summed E-state index contributed by atoms with van der Waals surface area (Å²) in [5.74, 6) is 0.824. The monoisotopic (exact) mass is 494 g/mol. The Morgan fingerprint density at radius 2 is 1.47 bits per heavy atom. The van der Waals surface area contributed by atoms with E-state index in [1.54, 1.807) is 17.1 Å². The van der Waals surface area contributed by atoms with Gasteiger partial charge in [-0.3, -0.25) is 9.59 Å². The number of Topliss-reactive ketones (excluding diaryl/α,β-unsaturated/α-hetero) is 2. The van der Waals surface area contributed by atoms with E-state index in [0.717, 1.165) is 16.0 Å². The quantitative estimate of drug-likeness (QED) is 0.369. The van der Waals surface area contributed by atoms with Crippen LogP contribution in [-0.2, 0) is 4.79 Å². The number of hydrogen-bond acceptors (Lipinski definition) is 6. The van der Waals surface area contributed by atoms with E-state index in [1.807, 2.05) is 38.1 Å². The van der Waals surface area contributed by atoms with E-state index in [1.165, 1.54) is 47.4 Å². The minimum atomic E-state index is -0.103. The van der Waals surface area contributed by atoms with Gasteiger partial charge < -0.3 is 10.2 Å². The molecule has 2 heterocycles. The molecule has 6 heteroatoms. The molecule has 34 heavy (non-hydrogen) atoms. The fourth-order valence-corrected chi connectivity index (χ4v) is 5.95. The van der Waals surface area contributed by atoms with Crippen LogP contribution in [0, 0.1) is 27.7 Å². The van der Waals surface area contributed by atoms with Crippen molar-refractivity contribution in [3.63, 3.8) is 0 Å². The third-order valence-corrected chi connectivity index (χ3v) is 8.43. The zero-order chi connectivity index (χ0) is 25.2. The van der Waals surface area contributed by atoms with Gasteiger partial charge in [-0.1, -0.05) is 36.4 Å². The second-order valence-electron chi connectivity index (χ2n) is 8.64. The average molecular weight is 495 g/mol. The van der Waals surface area contributed by atoms with E-state index < -0.39 is 0 Å². The number of aliphatic hydroxyl groups is 1. The van der Waals surface area contributed by atoms with Gasteiger partial charge in [-0.15, -0.1) is 23.1 Å². The molecule has 2 N–H and O–H groups in total. The van der Waals surface area contributed by atoms with Crippen LogP contribution >= 0.6 is 23.1 Å². The maximum atomic E-state index is 11.3. The first-order valence-electron chi connectivity index (χ1n) is 11.0. The molecule has 1 aliphatic heterocycles. The SMILES string of the molecule is CC(=O)C1=C(O)C(c2ccc(C)c(C)c2)SC1.CC(=O)c1csc(-c2ccc(C)c(C)c2)c1O. The minimum Gasteiger partial charge on any atom is -0.510 e. The molecule has 1 atom stereocenters. The second-order valence-corrected chi connectivity index (χ2v) is 10.6. The Labute approximate surface area is 209 Å². The van der Waals surface area contributed by atoms with Crippen LogP contribution in [0.15, 0.2) is 53.1 Å². The molecule has 0 bridgehead atoms. The molecule has 0 aliphatic carbocycles. The van der Waals surface area contributed by atoms with E-state index in [9.17, 15) is 19.8 Å². The van der Waals surface area contributed by atoms with Gasteiger partial charge in [0, 0.05) is 16.7 Å². The van der Waals surface area contributed by atoms with E-state index in [-0.39, 0.29) is 28.3 Å². The lowest BCUT2D eigenvalue weighted by Gasteiger charge is -2.12. The van der Waals surface area contributed by atoms with Crippen molar-refractivity contribution in [2.45, 2.75) is 46.8 Å². The summed E-state index contributed by atoms with van der Waals surface area (Å²) in [6.07, 6.45) is 0. The Balaban J connectivity index is 0.000000191. The predicted octanol–water partition coefficient (Wildman–Crippen LogP) is 7.43. The van der Waals surface area contributed by atoms with Gasteiger partial charge in [-0.2, -0.15) is 0 Å². The number of aryl methyl sites for hydroxylation is 4. The first-order chi connectivity index (χ1) is 16.0. The van der Waals surface area contributed by atoms with Gasteiger partial charge in [0.1, 0.15) is 11.5 Å². The Morgan fingerprint density at radius 3 is 1.97 bits per heavy atom. The molecule has 178 valence electrons. The van der Waals surface area contributed by atoms with Crippen molar-refractivity contribution in [2.75, 3.05) is 5.75 Å². The van der Waals surface area contributed by atoms with Crippen molar-refractivity contribution in [1.82, 2.24) is 0 Å². The van der Waals surface area contributed by atoms with Gasteiger partial charge in [0.05, 0.1) is 15.7 Å². The van der Waals surface area contributed by atoms with Crippen molar-refractivity contribution in [2.24, 2.45) is 0 Å². The molecule has 1 aromatic heterocycles. The van der Waals surface area contributed by atoms with Gasteiger partial charge in [0.25, 0.3) is 0 Å². The van der Waals surface area contributed by atoms with Crippen molar-refractivity contribution >= 4 is 34.7 Å². The van der Waals surface area contributed by atoms with Crippen LogP contribution in [0.3, 0.4) is 0 Å². The summed E-state index contributed by atoms with van der Waals surface area (Å²) >= 11 is 3.01. The normalized spacial score (nSPS) is 15.2. The maximum absolute atomic E-state index is 11.3. The van der Waals surface area contributed by atoms with Crippen LogP contribution in [0.4, 0.5) is 0 Å². The summed E-state index contributed by atoms with van der Waals surface area (Å²) in [4.78, 5) is 23.4. The Kier molecular flexibility index (Phi) is 8.05. The molecule has 4 nitrogen and oxygen atoms in total. The smallest absolute Gasteiger partial charge is 0.164 e. The summed E-state index contributed by atoms with van der Waals surface area (Å²) in [7, 11) is 0. The third-order valence-electron chi connectivity index (χ3n) is 6.12. The summed E-state index contributed by atoms with van der Waals surface area (Å²) in [6, 6.07) is 12.2. The number of benzene rings is 2. The summed E-state index contributed by atoms with van der Waals surface area (Å²) < 4.78 is 0. The molecule has 1 unspecified atom stereocenters. The predicted molar refractivity (Wildman–Crippen MR) is 142 cm³/mol. The number of rotatable bonds is 4. The van der Waals surface area contributed by atoms with Crippen molar-refractivity contribution in [3.05, 3.63) is 86.5 Å². The molecule has 0 amide bonds. The first-order valence-corrected chi connectivity index (χ1v) is 12.9. The molecule has 0 saturated heterocycles. The lowest BCUT2D eigenvalue weighted by molar-refractivity contribution is -0.113. The number of thioether (sulfide) groups is 1. The number of carbonyl (C=O) groups excluding carboxylic acids is 2.